The Morgan fingerprint density at radius 2 is 1.33 bits per heavy atom. The molecule has 0 aliphatic heterocycles. The van der Waals surface area contributed by atoms with Crippen molar-refractivity contribution in [1.29, 1.82) is 0 Å². The van der Waals surface area contributed by atoms with E-state index in [1.54, 1.807) is 36.0 Å². The van der Waals surface area contributed by atoms with Crippen molar-refractivity contribution in [2.24, 2.45) is 0 Å². The summed E-state index contributed by atoms with van der Waals surface area (Å²) in [4.78, 5) is 25.6. The summed E-state index contributed by atoms with van der Waals surface area (Å²) in [5.74, 6) is 0.384. The topological polar surface area (TPSA) is 52.6 Å². The van der Waals surface area contributed by atoms with Crippen LogP contribution in [0, 0.1) is 0 Å². The van der Waals surface area contributed by atoms with E-state index in [1.807, 2.05) is 54.6 Å². The SMILES string of the molecule is C=COC(=O)Oc1ccc(Sc2ccc(C(=O)c3ccccc3)cc2)cc1. The number of benzene rings is 3. The summed E-state index contributed by atoms with van der Waals surface area (Å²) in [6.07, 6.45) is 0.183. The van der Waals surface area contributed by atoms with Crippen LogP contribution in [0.4, 0.5) is 4.79 Å². The van der Waals surface area contributed by atoms with Crippen LogP contribution in [-0.2, 0) is 4.74 Å². The lowest BCUT2D eigenvalue weighted by molar-refractivity contribution is 0.103. The second-order valence-corrected chi connectivity index (χ2v) is 6.58. The van der Waals surface area contributed by atoms with Gasteiger partial charge in [0, 0.05) is 20.9 Å². The van der Waals surface area contributed by atoms with E-state index in [1.165, 1.54) is 0 Å². The second kappa shape index (κ2) is 8.87. The summed E-state index contributed by atoms with van der Waals surface area (Å²) in [5, 5.41) is 0. The Hall–Kier alpha value is -3.31. The minimum Gasteiger partial charge on any atom is -0.403 e. The first kappa shape index (κ1) is 18.5. The molecule has 0 saturated carbocycles. The summed E-state index contributed by atoms with van der Waals surface area (Å²) in [6, 6.07) is 23.7. The van der Waals surface area contributed by atoms with Gasteiger partial charge in [-0.1, -0.05) is 48.7 Å². The van der Waals surface area contributed by atoms with Gasteiger partial charge < -0.3 is 9.47 Å². The van der Waals surface area contributed by atoms with Crippen molar-refractivity contribution < 1.29 is 19.1 Å². The molecular formula is C22H16O4S. The third-order valence-corrected chi connectivity index (χ3v) is 4.61. The molecule has 0 atom stereocenters. The van der Waals surface area contributed by atoms with Gasteiger partial charge in [-0.05, 0) is 48.5 Å². The zero-order chi connectivity index (χ0) is 19.1. The van der Waals surface area contributed by atoms with Gasteiger partial charge in [0.1, 0.15) is 5.75 Å². The molecule has 3 rings (SSSR count). The number of carbonyl (C=O) groups excluding carboxylic acids is 2. The highest BCUT2D eigenvalue weighted by molar-refractivity contribution is 7.99. The standard InChI is InChI=1S/C22H16O4S/c1-2-25-22(24)26-18-10-14-20(15-11-18)27-19-12-8-17(9-13-19)21(23)16-6-4-3-5-7-16/h2-15H,1H2. The minimum absolute atomic E-state index is 0.0000573. The highest BCUT2D eigenvalue weighted by Gasteiger charge is 2.09. The molecule has 0 aliphatic rings. The molecule has 0 saturated heterocycles. The fourth-order valence-electron chi connectivity index (χ4n) is 2.33. The first-order valence-corrected chi connectivity index (χ1v) is 8.94. The minimum atomic E-state index is -0.830. The molecule has 4 nitrogen and oxygen atoms in total. The van der Waals surface area contributed by atoms with Gasteiger partial charge in [-0.3, -0.25) is 4.79 Å². The van der Waals surface area contributed by atoms with Gasteiger partial charge in [-0.15, -0.1) is 0 Å². The zero-order valence-corrected chi connectivity index (χ0v) is 15.1. The van der Waals surface area contributed by atoms with Crippen LogP contribution < -0.4 is 4.74 Å². The van der Waals surface area contributed by atoms with Crippen molar-refractivity contribution in [2.75, 3.05) is 0 Å². The maximum absolute atomic E-state index is 12.4. The Labute approximate surface area is 161 Å². The summed E-state index contributed by atoms with van der Waals surface area (Å²) >= 11 is 1.54. The zero-order valence-electron chi connectivity index (χ0n) is 14.3. The molecule has 0 aromatic heterocycles. The molecule has 0 N–H and O–H groups in total. The second-order valence-electron chi connectivity index (χ2n) is 5.43. The van der Waals surface area contributed by atoms with E-state index in [-0.39, 0.29) is 5.78 Å². The third-order valence-electron chi connectivity index (χ3n) is 3.59. The summed E-state index contributed by atoms with van der Waals surface area (Å²) in [6.45, 7) is 3.29. The number of hydrogen-bond donors (Lipinski definition) is 0. The van der Waals surface area contributed by atoms with Crippen molar-refractivity contribution in [1.82, 2.24) is 0 Å². The van der Waals surface area contributed by atoms with E-state index < -0.39 is 6.16 Å². The van der Waals surface area contributed by atoms with Crippen LogP contribution in [0.15, 0.2) is 101 Å². The Bertz CT molecular complexity index is 932. The molecule has 3 aromatic rings. The average Bonchev–Trinajstić information content (AvgIpc) is 2.70. The lowest BCUT2D eigenvalue weighted by atomic mass is 10.0. The molecule has 0 heterocycles. The van der Waals surface area contributed by atoms with E-state index in [0.717, 1.165) is 16.1 Å². The third kappa shape index (κ3) is 5.09. The Morgan fingerprint density at radius 1 is 0.778 bits per heavy atom. The quantitative estimate of drug-likeness (QED) is 0.238. The van der Waals surface area contributed by atoms with Crippen molar-refractivity contribution >= 4 is 23.7 Å². The Balaban J connectivity index is 1.63. The van der Waals surface area contributed by atoms with E-state index in [4.69, 9.17) is 4.74 Å². The van der Waals surface area contributed by atoms with Crippen LogP contribution in [0.1, 0.15) is 15.9 Å². The van der Waals surface area contributed by atoms with Crippen molar-refractivity contribution in [3.05, 3.63) is 103 Å². The van der Waals surface area contributed by atoms with Crippen LogP contribution in [0.3, 0.4) is 0 Å². The average molecular weight is 376 g/mol. The van der Waals surface area contributed by atoms with Crippen molar-refractivity contribution in [3.63, 3.8) is 0 Å². The fraction of sp³-hybridized carbons (Fsp3) is 0. The molecule has 0 unspecified atom stereocenters. The number of rotatable bonds is 6. The van der Waals surface area contributed by atoms with E-state index in [0.29, 0.717) is 16.9 Å². The van der Waals surface area contributed by atoms with Crippen LogP contribution in [0.2, 0.25) is 0 Å². The number of ketones is 1. The van der Waals surface area contributed by atoms with Gasteiger partial charge in [0.05, 0.1) is 6.26 Å². The summed E-state index contributed by atoms with van der Waals surface area (Å²) < 4.78 is 9.47. The lowest BCUT2D eigenvalue weighted by Crippen LogP contribution is -2.06. The largest absolute Gasteiger partial charge is 0.518 e. The highest BCUT2D eigenvalue weighted by atomic mass is 32.2. The molecule has 134 valence electrons. The van der Waals surface area contributed by atoms with Gasteiger partial charge in [0.2, 0.25) is 0 Å². The smallest absolute Gasteiger partial charge is 0.403 e. The van der Waals surface area contributed by atoms with Crippen LogP contribution in [0.5, 0.6) is 5.75 Å². The van der Waals surface area contributed by atoms with Gasteiger partial charge in [0.25, 0.3) is 0 Å². The maximum Gasteiger partial charge on any atom is 0.518 e. The first-order valence-electron chi connectivity index (χ1n) is 8.13. The van der Waals surface area contributed by atoms with Crippen LogP contribution in [0.25, 0.3) is 0 Å². The predicted molar refractivity (Wildman–Crippen MR) is 104 cm³/mol. The molecule has 0 aliphatic carbocycles. The van der Waals surface area contributed by atoms with E-state index in [2.05, 4.69) is 11.3 Å². The van der Waals surface area contributed by atoms with Gasteiger partial charge in [0.15, 0.2) is 5.78 Å². The van der Waals surface area contributed by atoms with Crippen LogP contribution in [-0.4, -0.2) is 11.9 Å². The van der Waals surface area contributed by atoms with Crippen LogP contribution >= 0.6 is 11.8 Å². The van der Waals surface area contributed by atoms with E-state index in [9.17, 15) is 9.59 Å². The molecule has 0 spiro atoms. The Kier molecular flexibility index (Phi) is 6.07. The maximum atomic E-state index is 12.4. The molecule has 0 amide bonds. The highest BCUT2D eigenvalue weighted by Crippen LogP contribution is 2.29. The summed E-state index contributed by atoms with van der Waals surface area (Å²) in [7, 11) is 0. The lowest BCUT2D eigenvalue weighted by Gasteiger charge is -2.06. The van der Waals surface area contributed by atoms with Gasteiger partial charge in [-0.2, -0.15) is 0 Å². The molecule has 5 heteroatoms. The summed E-state index contributed by atoms with van der Waals surface area (Å²) in [5.41, 5.74) is 1.32. The van der Waals surface area contributed by atoms with E-state index >= 15 is 0 Å². The van der Waals surface area contributed by atoms with Crippen molar-refractivity contribution in [2.45, 2.75) is 9.79 Å². The molecule has 3 aromatic carbocycles. The van der Waals surface area contributed by atoms with Crippen molar-refractivity contribution in [3.8, 4) is 5.75 Å². The fourth-order valence-corrected chi connectivity index (χ4v) is 3.15. The Morgan fingerprint density at radius 3 is 1.93 bits per heavy atom. The number of hydrogen-bond acceptors (Lipinski definition) is 5. The van der Waals surface area contributed by atoms with Gasteiger partial charge >= 0.3 is 6.16 Å². The molecular weight excluding hydrogens is 360 g/mol. The molecule has 0 fully saturated rings. The molecule has 0 bridgehead atoms. The molecule has 27 heavy (non-hydrogen) atoms. The first-order chi connectivity index (χ1) is 13.2. The number of ether oxygens (including phenoxy) is 2. The predicted octanol–water partition coefficient (Wildman–Crippen LogP) is 5.73. The van der Waals surface area contributed by atoms with Gasteiger partial charge in [-0.25, -0.2) is 4.79 Å². The monoisotopic (exact) mass is 376 g/mol. The number of carbonyl (C=O) groups is 2. The molecule has 0 radical (unpaired) electrons. The normalized spacial score (nSPS) is 10.1.